The lowest BCUT2D eigenvalue weighted by Gasteiger charge is -2.44. The fourth-order valence-electron chi connectivity index (χ4n) is 4.25. The van der Waals surface area contributed by atoms with Crippen molar-refractivity contribution in [2.45, 2.75) is 25.8 Å². The Bertz CT molecular complexity index is 1220. The molecule has 0 saturated heterocycles. The minimum Gasteiger partial charge on any atom is -0.502 e. The second-order valence-corrected chi connectivity index (χ2v) is 8.18. The number of unbranched alkanes of at least 4 members (excludes halogenated alkanes) is 1. The maximum atomic E-state index is 13.3. The molecule has 1 aromatic heterocycles. The van der Waals surface area contributed by atoms with E-state index in [2.05, 4.69) is 13.5 Å². The molecule has 0 aliphatic carbocycles. The topological polar surface area (TPSA) is 75.0 Å². The molecule has 1 unspecified atom stereocenters. The second-order valence-electron chi connectivity index (χ2n) is 8.18. The highest BCUT2D eigenvalue weighted by molar-refractivity contribution is 5.96. The summed E-state index contributed by atoms with van der Waals surface area (Å²) in [6.07, 6.45) is 4.97. The highest BCUT2D eigenvalue weighted by atomic mass is 16.5. The van der Waals surface area contributed by atoms with Crippen LogP contribution >= 0.6 is 0 Å². The molecule has 176 valence electrons. The van der Waals surface area contributed by atoms with Crippen LogP contribution in [0, 0.1) is 0 Å². The highest BCUT2D eigenvalue weighted by Crippen LogP contribution is 2.36. The Labute approximate surface area is 199 Å². The summed E-state index contributed by atoms with van der Waals surface area (Å²) in [5.74, 6) is -0.204. The summed E-state index contributed by atoms with van der Waals surface area (Å²) in [7, 11) is 0. The maximum Gasteiger partial charge on any atom is 0.277 e. The van der Waals surface area contributed by atoms with Gasteiger partial charge in [-0.25, -0.2) is 0 Å². The van der Waals surface area contributed by atoms with Crippen molar-refractivity contribution >= 4 is 5.91 Å². The number of nitrogens with zero attached hydrogens (tertiary/aromatic N) is 3. The van der Waals surface area contributed by atoms with Gasteiger partial charge >= 0.3 is 0 Å². The monoisotopic (exact) mass is 459 g/mol. The first-order chi connectivity index (χ1) is 16.6. The quantitative estimate of drug-likeness (QED) is 0.489. The first-order valence-electron chi connectivity index (χ1n) is 11.4. The van der Waals surface area contributed by atoms with Gasteiger partial charge in [-0.3, -0.25) is 19.3 Å². The van der Waals surface area contributed by atoms with Crippen LogP contribution in [0.3, 0.4) is 0 Å². The van der Waals surface area contributed by atoms with Gasteiger partial charge in [0.25, 0.3) is 5.91 Å². The van der Waals surface area contributed by atoms with Crippen LogP contribution in [0.5, 0.6) is 11.5 Å². The van der Waals surface area contributed by atoms with E-state index in [-0.39, 0.29) is 24.3 Å². The van der Waals surface area contributed by atoms with Gasteiger partial charge in [0.2, 0.25) is 5.43 Å². The number of aromatic hydroxyl groups is 1. The zero-order valence-corrected chi connectivity index (χ0v) is 19.3. The van der Waals surface area contributed by atoms with E-state index < -0.39 is 11.2 Å². The van der Waals surface area contributed by atoms with Crippen LogP contribution in [0.2, 0.25) is 0 Å². The molecule has 34 heavy (non-hydrogen) atoms. The highest BCUT2D eigenvalue weighted by Gasteiger charge is 2.37. The lowest BCUT2D eigenvalue weighted by atomic mass is 9.97. The van der Waals surface area contributed by atoms with E-state index in [1.807, 2.05) is 59.6 Å². The number of ether oxygens (including phenoxy) is 1. The molecule has 4 rings (SSSR count). The average molecular weight is 460 g/mol. The van der Waals surface area contributed by atoms with Gasteiger partial charge in [-0.2, -0.15) is 0 Å². The molecule has 7 nitrogen and oxygen atoms in total. The van der Waals surface area contributed by atoms with Gasteiger partial charge in [0.05, 0.1) is 0 Å². The smallest absolute Gasteiger partial charge is 0.277 e. The third-order valence-corrected chi connectivity index (χ3v) is 5.90. The standard InChI is InChI=1S/C27H29N3O4/c1-3-5-16-28-19-30(29-17-15-22(31)26(32)25(29)27(28)33)24(20-11-7-6-8-12-20)21-13-9-10-14-23(21)34-18-4-2/h4,6-15,17,24,32H,2-3,5,16,18-19H2,1H3. The first-order valence-corrected chi connectivity index (χ1v) is 11.4. The Morgan fingerprint density at radius 3 is 2.56 bits per heavy atom. The summed E-state index contributed by atoms with van der Waals surface area (Å²) in [5.41, 5.74) is 1.26. The number of hydrogen-bond donors (Lipinski definition) is 1. The molecule has 1 N–H and O–H groups in total. The molecular weight excluding hydrogens is 430 g/mol. The predicted molar refractivity (Wildman–Crippen MR) is 132 cm³/mol. The summed E-state index contributed by atoms with van der Waals surface area (Å²) in [4.78, 5) is 27.2. The van der Waals surface area contributed by atoms with Crippen LogP contribution in [-0.4, -0.2) is 40.4 Å². The Morgan fingerprint density at radius 1 is 1.09 bits per heavy atom. The molecule has 2 heterocycles. The summed E-state index contributed by atoms with van der Waals surface area (Å²) in [5, 5.41) is 12.6. The van der Waals surface area contributed by atoms with Gasteiger partial charge in [-0.05, 0) is 18.1 Å². The van der Waals surface area contributed by atoms with Crippen molar-refractivity contribution in [2.24, 2.45) is 0 Å². The van der Waals surface area contributed by atoms with Gasteiger partial charge in [0.15, 0.2) is 11.4 Å². The van der Waals surface area contributed by atoms with Crippen molar-refractivity contribution in [3.05, 3.63) is 107 Å². The van der Waals surface area contributed by atoms with E-state index in [0.717, 1.165) is 24.0 Å². The normalized spacial score (nSPS) is 14.0. The molecule has 1 aliphatic heterocycles. The lowest BCUT2D eigenvalue weighted by molar-refractivity contribution is 0.0677. The van der Waals surface area contributed by atoms with Crippen LogP contribution in [0.25, 0.3) is 0 Å². The number of amides is 1. The van der Waals surface area contributed by atoms with Crippen molar-refractivity contribution < 1.29 is 14.6 Å². The Kier molecular flexibility index (Phi) is 7.01. The Morgan fingerprint density at radius 2 is 1.82 bits per heavy atom. The first kappa shape index (κ1) is 23.2. The number of aromatic nitrogens is 1. The molecule has 3 aromatic rings. The van der Waals surface area contributed by atoms with Crippen molar-refractivity contribution in [1.82, 2.24) is 9.58 Å². The third-order valence-electron chi connectivity index (χ3n) is 5.90. The van der Waals surface area contributed by atoms with E-state index in [9.17, 15) is 14.7 Å². The van der Waals surface area contributed by atoms with E-state index in [1.165, 1.54) is 6.07 Å². The zero-order valence-electron chi connectivity index (χ0n) is 19.3. The number of fused-ring (bicyclic) bond motifs is 1. The van der Waals surface area contributed by atoms with Crippen LogP contribution in [0.1, 0.15) is 47.4 Å². The Hall–Kier alpha value is -4.00. The molecule has 0 saturated carbocycles. The summed E-state index contributed by atoms with van der Waals surface area (Å²) in [6.45, 7) is 6.96. The van der Waals surface area contributed by atoms with E-state index in [4.69, 9.17) is 4.74 Å². The van der Waals surface area contributed by atoms with E-state index in [1.54, 1.807) is 21.8 Å². The number of para-hydroxylation sites is 1. The molecule has 0 bridgehead atoms. The minimum atomic E-state index is -0.581. The van der Waals surface area contributed by atoms with Crippen LogP contribution in [0.4, 0.5) is 0 Å². The molecule has 2 aromatic carbocycles. The largest absolute Gasteiger partial charge is 0.502 e. The van der Waals surface area contributed by atoms with Crippen molar-refractivity contribution in [3.8, 4) is 11.5 Å². The second kappa shape index (κ2) is 10.3. The molecule has 7 heteroatoms. The number of carbonyl (C=O) groups excluding carboxylic acids is 1. The predicted octanol–water partition coefficient (Wildman–Crippen LogP) is 4.06. The number of benzene rings is 2. The molecule has 0 radical (unpaired) electrons. The zero-order chi connectivity index (χ0) is 24.1. The summed E-state index contributed by atoms with van der Waals surface area (Å²) < 4.78 is 7.59. The molecular formula is C27H29N3O4. The number of rotatable bonds is 9. The number of hydrogen-bond acceptors (Lipinski definition) is 5. The fourth-order valence-corrected chi connectivity index (χ4v) is 4.25. The summed E-state index contributed by atoms with van der Waals surface area (Å²) >= 11 is 0. The molecule has 0 spiro atoms. The third kappa shape index (κ3) is 4.41. The van der Waals surface area contributed by atoms with Gasteiger partial charge < -0.3 is 14.7 Å². The molecule has 1 atom stereocenters. The SMILES string of the molecule is C=CCOc1ccccc1C(c1ccccc1)N1CN(CCCC)C(=O)c2c(O)c(=O)ccn21. The average Bonchev–Trinajstić information content (AvgIpc) is 2.86. The van der Waals surface area contributed by atoms with Crippen molar-refractivity contribution in [3.63, 3.8) is 0 Å². The lowest BCUT2D eigenvalue weighted by Crippen LogP contribution is -2.55. The van der Waals surface area contributed by atoms with Crippen LogP contribution < -0.4 is 15.2 Å². The van der Waals surface area contributed by atoms with Gasteiger partial charge in [-0.15, -0.1) is 0 Å². The van der Waals surface area contributed by atoms with Gasteiger partial charge in [0, 0.05) is 24.4 Å². The summed E-state index contributed by atoms with van der Waals surface area (Å²) in [6, 6.07) is 18.6. The van der Waals surface area contributed by atoms with Crippen LogP contribution in [0.15, 0.2) is 84.3 Å². The van der Waals surface area contributed by atoms with Gasteiger partial charge in [0.1, 0.15) is 25.1 Å². The molecule has 0 fully saturated rings. The fraction of sp³-hybridized carbons (Fsp3) is 0.259. The molecule has 1 aliphatic rings. The van der Waals surface area contributed by atoms with Crippen LogP contribution in [-0.2, 0) is 0 Å². The van der Waals surface area contributed by atoms with Crippen molar-refractivity contribution in [1.29, 1.82) is 0 Å². The number of carbonyl (C=O) groups is 1. The maximum absolute atomic E-state index is 13.3. The van der Waals surface area contributed by atoms with E-state index in [0.29, 0.717) is 18.9 Å². The van der Waals surface area contributed by atoms with Gasteiger partial charge in [-0.1, -0.05) is 74.5 Å². The minimum absolute atomic E-state index is 0.0275. The van der Waals surface area contributed by atoms with E-state index >= 15 is 0 Å². The number of pyridine rings is 1. The Balaban J connectivity index is 1.92. The van der Waals surface area contributed by atoms with Crippen molar-refractivity contribution in [2.75, 3.05) is 24.8 Å². The molecule has 1 amide bonds.